The Labute approximate surface area is 331 Å². The van der Waals surface area contributed by atoms with Gasteiger partial charge in [-0.2, -0.15) is 37.1 Å². The van der Waals surface area contributed by atoms with Crippen molar-refractivity contribution in [1.29, 1.82) is 0 Å². The summed E-state index contributed by atoms with van der Waals surface area (Å²) in [5.74, 6) is -1.70. The predicted octanol–water partition coefficient (Wildman–Crippen LogP) is 6.33. The Kier molecular flexibility index (Phi) is 8.89. The maximum absolute atomic E-state index is 17.5. The Morgan fingerprint density at radius 1 is 1.00 bits per heavy atom. The number of phenols is 1. The Morgan fingerprint density at radius 3 is 2.59 bits per heavy atom. The van der Waals surface area contributed by atoms with E-state index in [4.69, 9.17) is 19.4 Å². The van der Waals surface area contributed by atoms with Crippen LogP contribution in [0, 0.1) is 24.0 Å². The highest BCUT2D eigenvalue weighted by Gasteiger charge is 2.47. The number of phenolic OH excluding ortho intramolecular Hbond substituents is 1. The molecule has 0 radical (unpaired) electrons. The van der Waals surface area contributed by atoms with Crippen molar-refractivity contribution in [2.24, 2.45) is 12.5 Å². The van der Waals surface area contributed by atoms with Gasteiger partial charge in [0.1, 0.15) is 35.6 Å². The normalized spacial score (nSPS) is 22.9. The molecule has 0 spiro atoms. The van der Waals surface area contributed by atoms with E-state index in [0.717, 1.165) is 57.1 Å². The van der Waals surface area contributed by atoms with Crippen LogP contribution in [0.15, 0.2) is 36.5 Å². The molecular formula is C42H44F5N8O3+. The van der Waals surface area contributed by atoms with Crippen LogP contribution in [0.25, 0.3) is 32.9 Å². The molecule has 10 rings (SSSR count). The third kappa shape index (κ3) is 6.52. The number of aromatic nitrogens is 5. The third-order valence-corrected chi connectivity index (χ3v) is 13.1. The Morgan fingerprint density at radius 2 is 1.81 bits per heavy atom. The van der Waals surface area contributed by atoms with E-state index in [-0.39, 0.29) is 52.5 Å². The van der Waals surface area contributed by atoms with Gasteiger partial charge < -0.3 is 29.7 Å². The van der Waals surface area contributed by atoms with Gasteiger partial charge in [-0.25, -0.2) is 9.37 Å². The summed E-state index contributed by atoms with van der Waals surface area (Å²) >= 11 is 0. The minimum absolute atomic E-state index is 0.0535. The molecule has 3 saturated heterocycles. The Bertz CT molecular complexity index is 2460. The number of halogens is 5. The SMILES string of the molecule is Cc1c(F)ccc2cc(O)cc(-c3c(F)c4nc(OCC5(CN6CCC(Oc7ccnc(C(F)(F)F)n7)CC6)CC5)nc5c4c([n+]3C)CC[C@@H]3[C@@H]4CC[C@H](CN53)N4)c12. The number of nitrogens with one attached hydrogen (secondary N) is 1. The predicted molar refractivity (Wildman–Crippen MR) is 204 cm³/mol. The molecule has 1 saturated carbocycles. The van der Waals surface area contributed by atoms with E-state index in [0.29, 0.717) is 78.1 Å². The van der Waals surface area contributed by atoms with Crippen LogP contribution in [-0.4, -0.2) is 87.0 Å². The highest BCUT2D eigenvalue weighted by atomic mass is 19.4. The van der Waals surface area contributed by atoms with Crippen LogP contribution in [0.1, 0.15) is 62.0 Å². The van der Waals surface area contributed by atoms with Gasteiger partial charge in [-0.15, -0.1) is 0 Å². The molecule has 2 N–H and O–H groups in total. The van der Waals surface area contributed by atoms with Gasteiger partial charge in [0, 0.05) is 73.8 Å². The number of fused-ring (bicyclic) bond motifs is 6. The number of aromatic hydroxyl groups is 1. The fraction of sp³-hybridized carbons (Fsp3) is 0.500. The lowest BCUT2D eigenvalue weighted by Crippen LogP contribution is -2.58. The molecule has 2 bridgehead atoms. The van der Waals surface area contributed by atoms with Crippen LogP contribution >= 0.6 is 0 Å². The number of piperazine rings is 1. The molecule has 5 aromatic rings. The van der Waals surface area contributed by atoms with E-state index >= 15 is 8.78 Å². The molecule has 4 aliphatic heterocycles. The second-order valence-corrected chi connectivity index (χ2v) is 16.9. The first-order chi connectivity index (χ1) is 27.8. The first-order valence-corrected chi connectivity index (χ1v) is 20.1. The lowest BCUT2D eigenvalue weighted by molar-refractivity contribution is -0.667. The van der Waals surface area contributed by atoms with Crippen molar-refractivity contribution in [3.8, 4) is 28.9 Å². The topological polar surface area (TPSA) is 113 Å². The first kappa shape index (κ1) is 37.3. The van der Waals surface area contributed by atoms with Crippen LogP contribution < -0.4 is 24.3 Å². The molecular weight excluding hydrogens is 760 g/mol. The van der Waals surface area contributed by atoms with Crippen molar-refractivity contribution in [1.82, 2.24) is 30.2 Å². The van der Waals surface area contributed by atoms with Crippen molar-refractivity contribution >= 4 is 27.5 Å². The zero-order chi connectivity index (χ0) is 40.1. The number of ether oxygens (including phenoxy) is 2. The summed E-state index contributed by atoms with van der Waals surface area (Å²) in [6.45, 7) is 4.90. The maximum Gasteiger partial charge on any atom is 0.451 e. The molecule has 3 atom stereocenters. The summed E-state index contributed by atoms with van der Waals surface area (Å²) < 4.78 is 86.1. The van der Waals surface area contributed by atoms with Crippen molar-refractivity contribution in [2.45, 2.75) is 88.7 Å². The maximum atomic E-state index is 17.5. The number of likely N-dealkylation sites (tertiary alicyclic amines) is 1. The number of hydrogen-bond acceptors (Lipinski definition) is 10. The second kappa shape index (κ2) is 13.8. The lowest BCUT2D eigenvalue weighted by Gasteiger charge is -2.41. The monoisotopic (exact) mass is 803 g/mol. The van der Waals surface area contributed by atoms with Crippen LogP contribution in [0.2, 0.25) is 0 Å². The molecule has 58 heavy (non-hydrogen) atoms. The van der Waals surface area contributed by atoms with E-state index in [1.165, 1.54) is 18.2 Å². The number of hydrogen-bond donors (Lipinski definition) is 2. The van der Waals surface area contributed by atoms with Crippen molar-refractivity contribution in [2.75, 3.05) is 37.7 Å². The van der Waals surface area contributed by atoms with Gasteiger partial charge in [-0.3, -0.25) is 0 Å². The van der Waals surface area contributed by atoms with E-state index in [1.807, 2.05) is 11.6 Å². The van der Waals surface area contributed by atoms with E-state index in [9.17, 15) is 18.3 Å². The molecule has 4 fully saturated rings. The van der Waals surface area contributed by atoms with Gasteiger partial charge >= 0.3 is 12.2 Å². The van der Waals surface area contributed by atoms with Crippen LogP contribution in [-0.2, 0) is 19.6 Å². The van der Waals surface area contributed by atoms with Gasteiger partial charge in [0.2, 0.25) is 17.5 Å². The Hall–Kier alpha value is -4.96. The fourth-order valence-electron chi connectivity index (χ4n) is 9.96. The van der Waals surface area contributed by atoms with E-state index in [2.05, 4.69) is 25.1 Å². The van der Waals surface area contributed by atoms with Crippen LogP contribution in [0.3, 0.4) is 0 Å². The molecule has 3 aromatic heterocycles. The summed E-state index contributed by atoms with van der Waals surface area (Å²) in [6, 6.07) is 8.18. The highest BCUT2D eigenvalue weighted by Crippen LogP contribution is 2.48. The van der Waals surface area contributed by atoms with Gasteiger partial charge in [0.05, 0.1) is 12.2 Å². The fourth-order valence-corrected chi connectivity index (χ4v) is 9.96. The molecule has 5 aliphatic rings. The standard InChI is InChI=1S/C42H43F5N8O3/c1-22-28(43)5-3-23-17-25(56)18-27(33(22)23)37-35(44)36-34-31(53(37)2)8-7-30-29-6-4-24(49-29)19-55(30)38(34)52-40(51-36)57-21-41(12-13-41)20-54-15-10-26(11-16-54)58-32-9-14-48-39(50-32)42(45,46)47/h3,5,9,14,17-18,24,26,29-30,49H,4,6-8,10-13,15-16,19-21H2,1-2H3/p+1/t24-,29+,30-/m1/s1. The molecule has 16 heteroatoms. The van der Waals surface area contributed by atoms with E-state index in [1.54, 1.807) is 19.1 Å². The smallest absolute Gasteiger partial charge is 0.451 e. The summed E-state index contributed by atoms with van der Waals surface area (Å²) in [5, 5.41) is 16.4. The molecule has 1 aliphatic carbocycles. The number of nitrogens with zero attached hydrogens (tertiary/aromatic N) is 7. The molecule has 11 nitrogen and oxygen atoms in total. The zero-order valence-corrected chi connectivity index (χ0v) is 32.2. The number of pyridine rings is 1. The largest absolute Gasteiger partial charge is 0.508 e. The van der Waals surface area contributed by atoms with E-state index < -0.39 is 23.6 Å². The molecule has 0 amide bonds. The number of anilines is 1. The van der Waals surface area contributed by atoms with Gasteiger partial charge in [-0.1, -0.05) is 6.07 Å². The molecule has 304 valence electrons. The van der Waals surface area contributed by atoms with Gasteiger partial charge in [0.15, 0.2) is 11.5 Å². The minimum atomic E-state index is -4.65. The van der Waals surface area contributed by atoms with Crippen molar-refractivity contribution in [3.05, 3.63) is 65.2 Å². The highest BCUT2D eigenvalue weighted by molar-refractivity contribution is 6.01. The summed E-state index contributed by atoms with van der Waals surface area (Å²) in [5.41, 5.74) is 1.81. The average molecular weight is 804 g/mol. The van der Waals surface area contributed by atoms with Crippen molar-refractivity contribution in [3.63, 3.8) is 0 Å². The summed E-state index contributed by atoms with van der Waals surface area (Å²) in [4.78, 5) is 21.4. The quantitative estimate of drug-likeness (QED) is 0.136. The number of piperidine rings is 1. The average Bonchev–Trinajstić information content (AvgIpc) is 3.89. The third-order valence-electron chi connectivity index (χ3n) is 13.1. The minimum Gasteiger partial charge on any atom is -0.508 e. The summed E-state index contributed by atoms with van der Waals surface area (Å²) in [6.07, 6.45) is 2.87. The molecule has 0 unspecified atom stereocenters. The second-order valence-electron chi connectivity index (χ2n) is 16.9. The van der Waals surface area contributed by atoms with Crippen molar-refractivity contribution < 1.29 is 41.1 Å². The first-order valence-electron chi connectivity index (χ1n) is 20.1. The van der Waals surface area contributed by atoms with Gasteiger partial charge in [-0.05, 0) is 81.0 Å². The van der Waals surface area contributed by atoms with Crippen LogP contribution in [0.5, 0.6) is 17.6 Å². The van der Waals surface area contributed by atoms with Crippen LogP contribution in [0.4, 0.5) is 27.8 Å². The number of alkyl halides is 3. The number of rotatable bonds is 8. The number of aryl methyl sites for hydroxylation is 2. The lowest BCUT2D eigenvalue weighted by atomic mass is 9.95. The zero-order valence-electron chi connectivity index (χ0n) is 32.2. The van der Waals surface area contributed by atoms with Gasteiger partial charge in [0.25, 0.3) is 5.69 Å². The summed E-state index contributed by atoms with van der Waals surface area (Å²) in [7, 11) is 1.83. The molecule has 2 aromatic carbocycles. The number of benzene rings is 2. The molecule has 7 heterocycles. The Balaban J connectivity index is 0.952.